The van der Waals surface area contributed by atoms with E-state index in [-0.39, 0.29) is 12.3 Å². The second-order valence-corrected chi connectivity index (χ2v) is 5.51. The minimum Gasteiger partial charge on any atom is -0.497 e. The smallest absolute Gasteiger partial charge is 0.227 e. The first-order chi connectivity index (χ1) is 9.52. The summed E-state index contributed by atoms with van der Waals surface area (Å²) >= 11 is 1.47. The third-order valence-corrected chi connectivity index (χ3v) is 4.45. The van der Waals surface area contributed by atoms with Crippen LogP contribution in [0.5, 0.6) is 5.75 Å². The average Bonchev–Trinajstić information content (AvgIpc) is 2.80. The van der Waals surface area contributed by atoms with Crippen LogP contribution in [0.4, 0.5) is 0 Å². The molecule has 0 aliphatic heterocycles. The van der Waals surface area contributed by atoms with Gasteiger partial charge in [-0.3, -0.25) is 4.79 Å². The van der Waals surface area contributed by atoms with Crippen molar-refractivity contribution >= 4 is 17.1 Å². The lowest BCUT2D eigenvalue weighted by Gasteiger charge is -2.02. The van der Waals surface area contributed by atoms with Crippen LogP contribution in [0.15, 0.2) is 29.8 Å². The number of methoxy groups -OCH3 is 1. The summed E-state index contributed by atoms with van der Waals surface area (Å²) in [5.74, 6) is 0.771. The van der Waals surface area contributed by atoms with Crippen molar-refractivity contribution in [2.75, 3.05) is 7.11 Å². The van der Waals surface area contributed by atoms with Crippen molar-refractivity contribution in [3.8, 4) is 5.75 Å². The molecule has 0 bridgehead atoms. The molecule has 1 heterocycles. The number of Topliss-reactive ketones (excluding diaryl/α,β-unsaturated/α-hetero) is 1. The summed E-state index contributed by atoms with van der Waals surface area (Å²) in [7, 11) is 1.60. The number of aliphatic hydroxyl groups excluding tert-OH is 1. The topological polar surface area (TPSA) is 50.4 Å². The van der Waals surface area contributed by atoms with E-state index in [0.29, 0.717) is 5.56 Å². The summed E-state index contributed by atoms with van der Waals surface area (Å²) in [6.45, 7) is 3.93. The van der Waals surface area contributed by atoms with E-state index < -0.39 is 6.10 Å². The number of aromatic nitrogens is 1. The molecule has 0 saturated carbocycles. The highest BCUT2D eigenvalue weighted by Gasteiger charge is 2.21. The van der Waals surface area contributed by atoms with E-state index in [9.17, 15) is 9.90 Å². The van der Waals surface area contributed by atoms with Gasteiger partial charge in [-0.25, -0.2) is 0 Å². The predicted octanol–water partition coefficient (Wildman–Crippen LogP) is 2.29. The molecule has 0 radical (unpaired) electrons. The lowest BCUT2D eigenvalue weighted by Crippen LogP contribution is -2.38. The predicted molar refractivity (Wildman–Crippen MR) is 77.2 cm³/mol. The number of ketones is 1. The average molecular weight is 292 g/mol. The first kappa shape index (κ1) is 14.7. The van der Waals surface area contributed by atoms with Gasteiger partial charge in [0.1, 0.15) is 10.6 Å². The summed E-state index contributed by atoms with van der Waals surface area (Å²) in [5, 5.41) is 9.62. The Kier molecular flexibility index (Phi) is 4.52. The van der Waals surface area contributed by atoms with Gasteiger partial charge < -0.3 is 9.84 Å². The zero-order valence-corrected chi connectivity index (χ0v) is 12.6. The molecular weight excluding hydrogens is 274 g/mol. The maximum atomic E-state index is 12.2. The van der Waals surface area contributed by atoms with Crippen molar-refractivity contribution in [1.82, 2.24) is 0 Å². The number of hydrogen-bond acceptors (Lipinski definition) is 4. The quantitative estimate of drug-likeness (QED) is 0.679. The molecule has 0 aliphatic rings. The number of ether oxygens (including phenoxy) is 1. The molecule has 0 saturated heterocycles. The van der Waals surface area contributed by atoms with E-state index in [1.54, 1.807) is 38.3 Å². The maximum Gasteiger partial charge on any atom is 0.227 e. The number of benzene rings is 1. The van der Waals surface area contributed by atoms with Gasteiger partial charge in [-0.15, -0.1) is 0 Å². The third kappa shape index (κ3) is 3.05. The first-order valence-corrected chi connectivity index (χ1v) is 7.23. The molecule has 0 spiro atoms. The highest BCUT2D eigenvalue weighted by Crippen LogP contribution is 2.20. The molecule has 1 N–H and O–H groups in total. The first-order valence-electron chi connectivity index (χ1n) is 6.35. The van der Waals surface area contributed by atoms with Gasteiger partial charge in [0.15, 0.2) is 5.69 Å². The van der Waals surface area contributed by atoms with Gasteiger partial charge in [0.2, 0.25) is 17.8 Å². The van der Waals surface area contributed by atoms with Crippen LogP contribution >= 0.6 is 11.3 Å². The molecule has 2 rings (SSSR count). The van der Waals surface area contributed by atoms with Crippen molar-refractivity contribution in [3.05, 3.63) is 45.9 Å². The van der Waals surface area contributed by atoms with Crippen LogP contribution in [0.25, 0.3) is 0 Å². The number of thiazole rings is 1. The normalized spacial score (nSPS) is 12.2. The van der Waals surface area contributed by atoms with E-state index >= 15 is 0 Å². The maximum absolute atomic E-state index is 12.2. The van der Waals surface area contributed by atoms with Gasteiger partial charge in [0, 0.05) is 12.5 Å². The van der Waals surface area contributed by atoms with Gasteiger partial charge >= 0.3 is 0 Å². The molecule has 1 atom stereocenters. The molecule has 1 unspecified atom stereocenters. The number of rotatable bonds is 5. The minimum absolute atomic E-state index is 0.0377. The number of hydrogen-bond donors (Lipinski definition) is 1. The fourth-order valence-corrected chi connectivity index (χ4v) is 2.96. The van der Waals surface area contributed by atoms with Gasteiger partial charge in [-0.2, -0.15) is 4.57 Å². The molecule has 0 fully saturated rings. The summed E-state index contributed by atoms with van der Waals surface area (Å²) < 4.78 is 6.95. The Bertz CT molecular complexity index is 602. The second-order valence-electron chi connectivity index (χ2n) is 4.63. The van der Waals surface area contributed by atoms with Crippen LogP contribution in [0.1, 0.15) is 34.0 Å². The van der Waals surface area contributed by atoms with E-state index in [1.165, 1.54) is 11.3 Å². The van der Waals surface area contributed by atoms with Crippen LogP contribution < -0.4 is 9.30 Å². The largest absolute Gasteiger partial charge is 0.497 e. The van der Waals surface area contributed by atoms with Crippen LogP contribution in [0, 0.1) is 6.92 Å². The number of carbonyl (C=O) groups excluding carboxylic acids is 1. The van der Waals surface area contributed by atoms with Gasteiger partial charge in [-0.1, -0.05) is 11.3 Å². The number of aliphatic hydroxyl groups is 1. The molecule has 0 amide bonds. The van der Waals surface area contributed by atoms with Crippen LogP contribution in [-0.4, -0.2) is 18.0 Å². The van der Waals surface area contributed by atoms with Crippen LogP contribution in [0.3, 0.4) is 0 Å². The van der Waals surface area contributed by atoms with Crippen molar-refractivity contribution in [1.29, 1.82) is 0 Å². The molecule has 4 nitrogen and oxygen atoms in total. The standard InChI is InChI=1S/C15H18NO3S/c1-10-15(11(2)17)20-9-16(10)8-14(18)12-4-6-13(19-3)7-5-12/h4-7,9,11,17H,8H2,1-3H3/q+1. The van der Waals surface area contributed by atoms with Crippen molar-refractivity contribution in [2.24, 2.45) is 0 Å². The molecule has 1 aromatic carbocycles. The molecule has 2 aromatic rings. The molecule has 5 heteroatoms. The lowest BCUT2D eigenvalue weighted by atomic mass is 10.1. The fourth-order valence-electron chi connectivity index (χ4n) is 2.01. The molecule has 106 valence electrons. The van der Waals surface area contributed by atoms with Crippen LogP contribution in [0.2, 0.25) is 0 Å². The molecule has 1 aromatic heterocycles. The Morgan fingerprint density at radius 1 is 1.40 bits per heavy atom. The highest BCUT2D eigenvalue weighted by molar-refractivity contribution is 7.09. The summed E-state index contributed by atoms with van der Waals surface area (Å²) in [5.41, 5.74) is 3.47. The molecular formula is C15H18NO3S+. The molecule has 0 aliphatic carbocycles. The number of carbonyl (C=O) groups is 1. The van der Waals surface area contributed by atoms with Crippen molar-refractivity contribution in [3.63, 3.8) is 0 Å². The SMILES string of the molecule is COc1ccc(C(=O)C[n+]2csc(C(C)O)c2C)cc1. The number of nitrogens with zero attached hydrogens (tertiary/aromatic N) is 1. The second kappa shape index (κ2) is 6.15. The zero-order chi connectivity index (χ0) is 14.7. The lowest BCUT2D eigenvalue weighted by molar-refractivity contribution is -0.684. The Hall–Kier alpha value is -1.72. The fraction of sp³-hybridized carbons (Fsp3) is 0.333. The Morgan fingerprint density at radius 2 is 2.05 bits per heavy atom. The summed E-state index contributed by atoms with van der Waals surface area (Å²) in [6, 6.07) is 7.08. The van der Waals surface area contributed by atoms with Crippen molar-refractivity contribution in [2.45, 2.75) is 26.5 Å². The third-order valence-electron chi connectivity index (χ3n) is 3.20. The van der Waals surface area contributed by atoms with E-state index in [2.05, 4.69) is 0 Å². The molecule has 20 heavy (non-hydrogen) atoms. The van der Waals surface area contributed by atoms with E-state index in [0.717, 1.165) is 16.3 Å². The Balaban J connectivity index is 2.15. The zero-order valence-electron chi connectivity index (χ0n) is 11.8. The van der Waals surface area contributed by atoms with Crippen LogP contribution in [-0.2, 0) is 6.54 Å². The monoisotopic (exact) mass is 292 g/mol. The van der Waals surface area contributed by atoms with Crippen molar-refractivity contribution < 1.29 is 19.2 Å². The van der Waals surface area contributed by atoms with Gasteiger partial charge in [0.05, 0.1) is 13.2 Å². The van der Waals surface area contributed by atoms with E-state index in [1.807, 2.05) is 17.0 Å². The van der Waals surface area contributed by atoms with Gasteiger partial charge in [-0.05, 0) is 31.2 Å². The van der Waals surface area contributed by atoms with E-state index in [4.69, 9.17) is 4.74 Å². The Labute approximate surface area is 122 Å². The Morgan fingerprint density at radius 3 is 2.55 bits per heavy atom. The minimum atomic E-state index is -0.502. The summed E-state index contributed by atoms with van der Waals surface area (Å²) in [4.78, 5) is 13.1. The van der Waals surface area contributed by atoms with Gasteiger partial charge in [0.25, 0.3) is 0 Å². The summed E-state index contributed by atoms with van der Waals surface area (Å²) in [6.07, 6.45) is -0.502. The highest BCUT2D eigenvalue weighted by atomic mass is 32.1.